The molecular weight excluding hydrogens is 256 g/mol. The van der Waals surface area contributed by atoms with Crippen molar-refractivity contribution in [2.45, 2.75) is 19.3 Å². The fraction of sp³-hybridized carbons (Fsp3) is 1.00. The summed E-state index contributed by atoms with van der Waals surface area (Å²) in [6.45, 7) is 7.79. The van der Waals surface area contributed by atoms with Crippen LogP contribution in [0.2, 0.25) is 0 Å². The van der Waals surface area contributed by atoms with Crippen LogP contribution >= 0.6 is 0 Å². The average molecular weight is 288 g/mol. The molecular formula is C15H32N2O3. The van der Waals surface area contributed by atoms with Gasteiger partial charge in [0.2, 0.25) is 0 Å². The van der Waals surface area contributed by atoms with Crippen LogP contribution in [0.25, 0.3) is 0 Å². The monoisotopic (exact) mass is 288 g/mol. The second-order valence-electron chi connectivity index (χ2n) is 5.80. The van der Waals surface area contributed by atoms with E-state index in [0.29, 0.717) is 5.41 Å². The van der Waals surface area contributed by atoms with Gasteiger partial charge in [0.1, 0.15) is 0 Å². The molecule has 0 radical (unpaired) electrons. The summed E-state index contributed by atoms with van der Waals surface area (Å²) in [7, 11) is 5.34. The first-order valence-corrected chi connectivity index (χ1v) is 7.66. The molecule has 0 bridgehead atoms. The quantitative estimate of drug-likeness (QED) is 0.574. The highest BCUT2D eigenvalue weighted by atomic mass is 16.5. The lowest BCUT2D eigenvalue weighted by atomic mass is 9.79. The highest BCUT2D eigenvalue weighted by Gasteiger charge is 2.33. The number of methoxy groups -OCH3 is 3. The lowest BCUT2D eigenvalue weighted by molar-refractivity contribution is 0.0142. The van der Waals surface area contributed by atoms with Gasteiger partial charge in [-0.15, -0.1) is 0 Å². The third kappa shape index (κ3) is 6.50. The topological polar surface area (TPSA) is 43.0 Å². The van der Waals surface area contributed by atoms with E-state index in [2.05, 4.69) is 10.2 Å². The van der Waals surface area contributed by atoms with Crippen LogP contribution in [0.4, 0.5) is 0 Å². The minimum atomic E-state index is 0.292. The van der Waals surface area contributed by atoms with Crippen molar-refractivity contribution in [2.75, 3.05) is 73.9 Å². The zero-order valence-corrected chi connectivity index (χ0v) is 13.5. The number of rotatable bonds is 11. The van der Waals surface area contributed by atoms with Gasteiger partial charge >= 0.3 is 0 Å². The normalized spacial score (nSPS) is 18.6. The number of piperidine rings is 1. The van der Waals surface area contributed by atoms with Crippen molar-refractivity contribution in [3.8, 4) is 0 Å². The minimum Gasteiger partial charge on any atom is -0.385 e. The van der Waals surface area contributed by atoms with Crippen molar-refractivity contribution in [1.29, 1.82) is 0 Å². The predicted octanol–water partition coefficient (Wildman–Crippen LogP) is 0.988. The molecule has 0 aliphatic carbocycles. The highest BCUT2D eigenvalue weighted by molar-refractivity contribution is 4.87. The van der Waals surface area contributed by atoms with Gasteiger partial charge in [-0.05, 0) is 32.4 Å². The number of nitrogens with one attached hydrogen (secondary N) is 1. The Kier molecular flexibility index (Phi) is 9.39. The Hall–Kier alpha value is -0.200. The zero-order valence-electron chi connectivity index (χ0n) is 13.5. The lowest BCUT2D eigenvalue weighted by Gasteiger charge is -2.41. The molecule has 0 atom stereocenters. The Morgan fingerprint density at radius 1 is 0.950 bits per heavy atom. The third-order valence-electron chi connectivity index (χ3n) is 4.11. The second kappa shape index (κ2) is 10.5. The van der Waals surface area contributed by atoms with Crippen LogP contribution < -0.4 is 5.32 Å². The molecule has 0 saturated carbocycles. The first-order valence-electron chi connectivity index (χ1n) is 7.66. The Labute approximate surface area is 123 Å². The summed E-state index contributed by atoms with van der Waals surface area (Å²) in [5, 5.41) is 3.45. The molecule has 5 heteroatoms. The van der Waals surface area contributed by atoms with E-state index in [4.69, 9.17) is 14.2 Å². The molecule has 1 rings (SSSR count). The van der Waals surface area contributed by atoms with Gasteiger partial charge in [0.25, 0.3) is 0 Å². The molecule has 0 spiro atoms. The van der Waals surface area contributed by atoms with Gasteiger partial charge < -0.3 is 24.4 Å². The summed E-state index contributed by atoms with van der Waals surface area (Å²) >= 11 is 0. The zero-order chi connectivity index (χ0) is 14.7. The summed E-state index contributed by atoms with van der Waals surface area (Å²) in [6.07, 6.45) is 3.45. The maximum Gasteiger partial charge on any atom is 0.0589 e. The van der Waals surface area contributed by atoms with Gasteiger partial charge in [-0.25, -0.2) is 0 Å². The molecule has 0 unspecified atom stereocenters. The Balaban J connectivity index is 2.52. The number of nitrogens with zero attached hydrogens (tertiary/aromatic N) is 1. The number of ether oxygens (including phenoxy) is 3. The SMILES string of the molecule is COCCCN(CCOC)CC1(COC)CCNCC1. The van der Waals surface area contributed by atoms with E-state index in [0.717, 1.165) is 59.0 Å². The largest absolute Gasteiger partial charge is 0.385 e. The van der Waals surface area contributed by atoms with Gasteiger partial charge in [-0.3, -0.25) is 0 Å². The summed E-state index contributed by atoms with van der Waals surface area (Å²) in [5.74, 6) is 0. The van der Waals surface area contributed by atoms with Crippen molar-refractivity contribution >= 4 is 0 Å². The van der Waals surface area contributed by atoms with E-state index in [1.54, 1.807) is 14.2 Å². The predicted molar refractivity (Wildman–Crippen MR) is 81.2 cm³/mol. The maximum absolute atomic E-state index is 5.51. The van der Waals surface area contributed by atoms with Gasteiger partial charge in [0, 0.05) is 53.0 Å². The van der Waals surface area contributed by atoms with Gasteiger partial charge in [-0.1, -0.05) is 0 Å². The Bertz CT molecular complexity index is 228. The van der Waals surface area contributed by atoms with E-state index < -0.39 is 0 Å². The summed E-state index contributed by atoms with van der Waals surface area (Å²) in [5.41, 5.74) is 0.292. The minimum absolute atomic E-state index is 0.292. The Morgan fingerprint density at radius 3 is 2.25 bits per heavy atom. The van der Waals surface area contributed by atoms with Crippen molar-refractivity contribution in [3.63, 3.8) is 0 Å². The van der Waals surface area contributed by atoms with Gasteiger partial charge in [0.05, 0.1) is 13.2 Å². The summed E-state index contributed by atoms with van der Waals surface area (Å²) in [4.78, 5) is 2.51. The first-order chi connectivity index (χ1) is 9.76. The van der Waals surface area contributed by atoms with E-state index in [1.807, 2.05) is 7.11 Å². The van der Waals surface area contributed by atoms with Crippen LogP contribution in [0.15, 0.2) is 0 Å². The molecule has 0 aromatic heterocycles. The molecule has 1 aliphatic heterocycles. The van der Waals surface area contributed by atoms with Gasteiger partial charge in [0.15, 0.2) is 0 Å². The van der Waals surface area contributed by atoms with Crippen LogP contribution in [0.5, 0.6) is 0 Å². The summed E-state index contributed by atoms with van der Waals surface area (Å²) in [6, 6.07) is 0. The maximum atomic E-state index is 5.51. The molecule has 5 nitrogen and oxygen atoms in total. The molecule has 0 aromatic rings. The lowest BCUT2D eigenvalue weighted by Crippen LogP contribution is -2.48. The molecule has 120 valence electrons. The van der Waals surface area contributed by atoms with Crippen molar-refractivity contribution in [1.82, 2.24) is 10.2 Å². The summed E-state index contributed by atoms with van der Waals surface area (Å²) < 4.78 is 15.9. The molecule has 20 heavy (non-hydrogen) atoms. The van der Waals surface area contributed by atoms with Crippen LogP contribution in [0, 0.1) is 5.41 Å². The van der Waals surface area contributed by atoms with E-state index in [1.165, 1.54) is 12.8 Å². The molecule has 1 aliphatic rings. The molecule has 1 N–H and O–H groups in total. The molecule has 1 fully saturated rings. The standard InChI is InChI=1S/C15H32N2O3/c1-18-11-4-9-17(10-12-19-2)13-15(14-20-3)5-7-16-8-6-15/h16H,4-14H2,1-3H3. The van der Waals surface area contributed by atoms with Crippen LogP contribution in [0.3, 0.4) is 0 Å². The van der Waals surface area contributed by atoms with Crippen molar-refractivity contribution in [2.24, 2.45) is 5.41 Å². The van der Waals surface area contributed by atoms with Crippen LogP contribution in [0.1, 0.15) is 19.3 Å². The highest BCUT2D eigenvalue weighted by Crippen LogP contribution is 2.30. The fourth-order valence-corrected chi connectivity index (χ4v) is 3.01. The molecule has 1 saturated heterocycles. The smallest absolute Gasteiger partial charge is 0.0589 e. The van der Waals surface area contributed by atoms with Crippen LogP contribution in [-0.4, -0.2) is 78.8 Å². The Morgan fingerprint density at radius 2 is 1.65 bits per heavy atom. The van der Waals surface area contributed by atoms with Gasteiger partial charge in [-0.2, -0.15) is 0 Å². The van der Waals surface area contributed by atoms with E-state index in [9.17, 15) is 0 Å². The third-order valence-corrected chi connectivity index (χ3v) is 4.11. The van der Waals surface area contributed by atoms with Crippen molar-refractivity contribution in [3.05, 3.63) is 0 Å². The average Bonchev–Trinajstić information content (AvgIpc) is 2.46. The molecule has 0 aromatic carbocycles. The van der Waals surface area contributed by atoms with E-state index in [-0.39, 0.29) is 0 Å². The first kappa shape index (κ1) is 17.9. The van der Waals surface area contributed by atoms with Crippen molar-refractivity contribution < 1.29 is 14.2 Å². The number of hydrogen-bond donors (Lipinski definition) is 1. The van der Waals surface area contributed by atoms with E-state index >= 15 is 0 Å². The fourth-order valence-electron chi connectivity index (χ4n) is 3.01. The number of hydrogen-bond acceptors (Lipinski definition) is 5. The second-order valence-corrected chi connectivity index (χ2v) is 5.80. The van der Waals surface area contributed by atoms with Crippen LogP contribution in [-0.2, 0) is 14.2 Å². The molecule has 1 heterocycles. The molecule has 0 amide bonds.